The third-order valence-corrected chi connectivity index (χ3v) is 5.53. The molecular weight excluding hydrogens is 354 g/mol. The van der Waals surface area contributed by atoms with Crippen LogP contribution in [0, 0.1) is 0 Å². The lowest BCUT2D eigenvalue weighted by molar-refractivity contribution is 0.0940. The zero-order valence-electron chi connectivity index (χ0n) is 16.2. The van der Waals surface area contributed by atoms with Crippen molar-refractivity contribution < 1.29 is 9.53 Å². The van der Waals surface area contributed by atoms with Crippen LogP contribution in [-0.2, 0) is 11.3 Å². The molecule has 2 aromatic rings. The summed E-state index contributed by atoms with van der Waals surface area (Å²) in [5, 5.41) is 10.3. The van der Waals surface area contributed by atoms with Crippen molar-refractivity contribution in [2.75, 3.05) is 31.6 Å². The number of aromatic nitrogens is 2. The number of urea groups is 1. The number of hydrogen-bond donors (Lipinski definition) is 2. The van der Waals surface area contributed by atoms with Gasteiger partial charge in [-0.05, 0) is 44.3 Å². The molecule has 2 saturated heterocycles. The van der Waals surface area contributed by atoms with Gasteiger partial charge in [-0.3, -0.25) is 9.58 Å². The van der Waals surface area contributed by atoms with Crippen LogP contribution in [0.15, 0.2) is 42.7 Å². The number of nitrogens with one attached hydrogen (secondary N) is 2. The number of carbonyl (C=O) groups is 1. The number of likely N-dealkylation sites (tertiary alicyclic amines) is 1. The third-order valence-electron chi connectivity index (χ3n) is 5.53. The molecule has 2 unspecified atom stereocenters. The highest BCUT2D eigenvalue weighted by atomic mass is 16.5. The van der Waals surface area contributed by atoms with Gasteiger partial charge in [-0.25, -0.2) is 4.79 Å². The maximum atomic E-state index is 12.4. The fourth-order valence-corrected chi connectivity index (χ4v) is 4.08. The quantitative estimate of drug-likeness (QED) is 0.771. The van der Waals surface area contributed by atoms with Crippen molar-refractivity contribution in [2.45, 2.75) is 44.4 Å². The van der Waals surface area contributed by atoms with E-state index in [9.17, 15) is 4.79 Å². The minimum atomic E-state index is -0.197. The molecule has 7 heteroatoms. The summed E-state index contributed by atoms with van der Waals surface area (Å²) in [5.41, 5.74) is 1.95. The Morgan fingerprint density at radius 3 is 2.79 bits per heavy atom. The fourth-order valence-electron chi connectivity index (χ4n) is 4.08. The van der Waals surface area contributed by atoms with Crippen LogP contribution in [0.25, 0.3) is 0 Å². The molecular formula is C21H29N5O2. The van der Waals surface area contributed by atoms with E-state index in [0.717, 1.165) is 39.1 Å². The summed E-state index contributed by atoms with van der Waals surface area (Å²) in [6.07, 6.45) is 8.40. The summed E-state index contributed by atoms with van der Waals surface area (Å²) >= 11 is 0. The Bertz CT molecular complexity index is 751. The van der Waals surface area contributed by atoms with Crippen molar-refractivity contribution in [3.8, 4) is 0 Å². The van der Waals surface area contributed by atoms with Gasteiger partial charge in [0.05, 0.1) is 30.6 Å². The highest BCUT2D eigenvalue weighted by Gasteiger charge is 2.24. The van der Waals surface area contributed by atoms with E-state index in [4.69, 9.17) is 4.74 Å². The number of ether oxygens (including phenoxy) is 1. The van der Waals surface area contributed by atoms with Crippen molar-refractivity contribution in [3.63, 3.8) is 0 Å². The van der Waals surface area contributed by atoms with Gasteiger partial charge in [0.1, 0.15) is 0 Å². The molecule has 2 aliphatic heterocycles. The van der Waals surface area contributed by atoms with Crippen molar-refractivity contribution in [2.24, 2.45) is 0 Å². The first kappa shape index (κ1) is 19.0. The molecule has 2 fully saturated rings. The van der Waals surface area contributed by atoms with E-state index in [1.807, 2.05) is 16.9 Å². The van der Waals surface area contributed by atoms with E-state index >= 15 is 0 Å². The lowest BCUT2D eigenvalue weighted by Crippen LogP contribution is -2.38. The summed E-state index contributed by atoms with van der Waals surface area (Å²) < 4.78 is 7.47. The Hall–Kier alpha value is -2.38. The molecule has 2 N–H and O–H groups in total. The molecule has 2 aliphatic rings. The average molecular weight is 383 g/mol. The van der Waals surface area contributed by atoms with Crippen LogP contribution in [0.1, 0.15) is 37.3 Å². The molecule has 0 radical (unpaired) electrons. The maximum Gasteiger partial charge on any atom is 0.319 e. The smallest absolute Gasteiger partial charge is 0.319 e. The Balaban J connectivity index is 1.30. The highest BCUT2D eigenvalue weighted by Crippen LogP contribution is 2.24. The molecule has 0 aliphatic carbocycles. The minimum absolute atomic E-state index is 0.197. The Kier molecular flexibility index (Phi) is 6.24. The van der Waals surface area contributed by atoms with Crippen LogP contribution in [0.4, 0.5) is 10.5 Å². The molecule has 0 spiro atoms. The molecule has 7 nitrogen and oxygen atoms in total. The second-order valence-corrected chi connectivity index (χ2v) is 7.59. The van der Waals surface area contributed by atoms with Gasteiger partial charge in [-0.15, -0.1) is 0 Å². The second kappa shape index (κ2) is 9.21. The number of nitrogens with zero attached hydrogens (tertiary/aromatic N) is 3. The summed E-state index contributed by atoms with van der Waals surface area (Å²) in [6, 6.07) is 10.4. The van der Waals surface area contributed by atoms with E-state index in [0.29, 0.717) is 12.2 Å². The van der Waals surface area contributed by atoms with Gasteiger partial charge >= 0.3 is 6.03 Å². The van der Waals surface area contributed by atoms with Crippen LogP contribution in [0.2, 0.25) is 0 Å². The van der Waals surface area contributed by atoms with Crippen LogP contribution < -0.4 is 10.6 Å². The SMILES string of the molecule is O=C(NCC(c1ccccc1)N1CCCC1)Nc1cnn(CC2CCCO2)c1. The number of hydrogen-bond acceptors (Lipinski definition) is 4. The van der Waals surface area contributed by atoms with Gasteiger partial charge in [-0.1, -0.05) is 30.3 Å². The zero-order chi connectivity index (χ0) is 19.2. The number of anilines is 1. The first-order valence-electron chi connectivity index (χ1n) is 10.3. The third kappa shape index (κ3) is 4.91. The van der Waals surface area contributed by atoms with E-state index < -0.39 is 0 Å². The van der Waals surface area contributed by atoms with Crippen LogP contribution in [-0.4, -0.2) is 53.1 Å². The first-order chi connectivity index (χ1) is 13.8. The molecule has 0 bridgehead atoms. The summed E-state index contributed by atoms with van der Waals surface area (Å²) in [4.78, 5) is 14.9. The summed E-state index contributed by atoms with van der Waals surface area (Å²) in [5.74, 6) is 0. The summed E-state index contributed by atoms with van der Waals surface area (Å²) in [7, 11) is 0. The van der Waals surface area contributed by atoms with Gasteiger partial charge in [0.2, 0.25) is 0 Å². The number of amides is 2. The molecule has 0 saturated carbocycles. The van der Waals surface area contributed by atoms with Crippen molar-refractivity contribution in [3.05, 3.63) is 48.3 Å². The van der Waals surface area contributed by atoms with Crippen molar-refractivity contribution >= 4 is 11.7 Å². The van der Waals surface area contributed by atoms with Gasteiger partial charge in [-0.2, -0.15) is 5.10 Å². The lowest BCUT2D eigenvalue weighted by Gasteiger charge is -2.28. The molecule has 1 aromatic heterocycles. The highest BCUT2D eigenvalue weighted by molar-refractivity contribution is 5.88. The van der Waals surface area contributed by atoms with Crippen LogP contribution in [0.3, 0.4) is 0 Å². The fraction of sp³-hybridized carbons (Fsp3) is 0.524. The maximum absolute atomic E-state index is 12.4. The molecule has 1 aromatic carbocycles. The molecule has 3 heterocycles. The topological polar surface area (TPSA) is 71.4 Å². The average Bonchev–Trinajstić information content (AvgIpc) is 3.47. The minimum Gasteiger partial charge on any atom is -0.376 e. The molecule has 28 heavy (non-hydrogen) atoms. The lowest BCUT2D eigenvalue weighted by atomic mass is 10.1. The molecule has 2 atom stereocenters. The Labute approximate surface area is 166 Å². The van der Waals surface area contributed by atoms with Gasteiger partial charge in [0.25, 0.3) is 0 Å². The first-order valence-corrected chi connectivity index (χ1v) is 10.3. The van der Waals surface area contributed by atoms with Crippen molar-refractivity contribution in [1.29, 1.82) is 0 Å². The van der Waals surface area contributed by atoms with Gasteiger partial charge in [0.15, 0.2) is 0 Å². The second-order valence-electron chi connectivity index (χ2n) is 7.59. The van der Waals surface area contributed by atoms with Gasteiger partial charge < -0.3 is 15.4 Å². The normalized spacial score (nSPS) is 20.9. The summed E-state index contributed by atoms with van der Waals surface area (Å²) in [6.45, 7) is 4.31. The van der Waals surface area contributed by atoms with E-state index in [2.05, 4.69) is 44.9 Å². The van der Waals surface area contributed by atoms with E-state index in [1.165, 1.54) is 18.4 Å². The largest absolute Gasteiger partial charge is 0.376 e. The molecule has 2 amide bonds. The number of rotatable bonds is 7. The Morgan fingerprint density at radius 2 is 2.04 bits per heavy atom. The standard InChI is InChI=1S/C21H29N5O2/c27-21(24-18-13-23-26(15-18)16-19-9-6-12-28-19)22-14-20(25-10-4-5-11-25)17-7-2-1-3-8-17/h1-3,7-8,13,15,19-20H,4-6,9-12,14,16H2,(H2,22,24,27). The number of carbonyl (C=O) groups excluding carboxylic acids is 1. The zero-order valence-corrected chi connectivity index (χ0v) is 16.2. The van der Waals surface area contributed by atoms with E-state index in [-0.39, 0.29) is 18.2 Å². The van der Waals surface area contributed by atoms with E-state index in [1.54, 1.807) is 6.20 Å². The predicted molar refractivity (Wildman–Crippen MR) is 108 cm³/mol. The van der Waals surface area contributed by atoms with Gasteiger partial charge in [0, 0.05) is 19.3 Å². The Morgan fingerprint density at radius 1 is 1.21 bits per heavy atom. The van der Waals surface area contributed by atoms with Crippen LogP contribution in [0.5, 0.6) is 0 Å². The monoisotopic (exact) mass is 383 g/mol. The molecule has 4 rings (SSSR count). The molecule has 150 valence electrons. The van der Waals surface area contributed by atoms with Crippen LogP contribution >= 0.6 is 0 Å². The van der Waals surface area contributed by atoms with Crippen molar-refractivity contribution in [1.82, 2.24) is 20.0 Å². The predicted octanol–water partition coefficient (Wildman–Crippen LogP) is 3.02. The number of benzene rings is 1.